The normalized spacial score (nSPS) is 16.1. The molecule has 0 spiro atoms. The standard InChI is InChI=1S/C17H15F3N2O/c18-17(19,20)14-7-3-5-13(11-14)6-4-10-22-15(23)16(12-21)8-1-2-9-16/h3,5,7,11H,1-2,8-10H2,(H,22,23). The molecule has 0 aromatic heterocycles. The molecule has 6 heteroatoms. The molecule has 1 amide bonds. The Balaban J connectivity index is 1.97. The highest BCUT2D eigenvalue weighted by Crippen LogP contribution is 2.37. The molecule has 0 saturated heterocycles. The van der Waals surface area contributed by atoms with Crippen LogP contribution in [0.3, 0.4) is 0 Å². The number of hydrogen-bond donors (Lipinski definition) is 1. The van der Waals surface area contributed by atoms with Crippen LogP contribution < -0.4 is 5.32 Å². The van der Waals surface area contributed by atoms with Gasteiger partial charge in [0.25, 0.3) is 0 Å². The minimum absolute atomic E-state index is 0.00148. The number of nitrogens with zero attached hydrogens (tertiary/aromatic N) is 1. The summed E-state index contributed by atoms with van der Waals surface area (Å²) in [5, 5.41) is 11.7. The summed E-state index contributed by atoms with van der Waals surface area (Å²) in [4.78, 5) is 12.0. The maximum absolute atomic E-state index is 12.6. The molecule has 0 bridgehead atoms. The molecule has 1 aliphatic carbocycles. The van der Waals surface area contributed by atoms with Gasteiger partial charge in [0.1, 0.15) is 5.41 Å². The molecule has 1 aliphatic rings. The molecule has 1 aromatic carbocycles. The van der Waals surface area contributed by atoms with Gasteiger partial charge in [0.2, 0.25) is 5.91 Å². The van der Waals surface area contributed by atoms with Crippen molar-refractivity contribution in [3.63, 3.8) is 0 Å². The Morgan fingerprint density at radius 1 is 1.30 bits per heavy atom. The molecule has 120 valence electrons. The Bertz CT molecular complexity index is 686. The second-order valence-corrected chi connectivity index (χ2v) is 5.46. The van der Waals surface area contributed by atoms with Gasteiger partial charge in [0.15, 0.2) is 0 Å². The molecule has 2 rings (SSSR count). The van der Waals surface area contributed by atoms with E-state index in [0.29, 0.717) is 12.8 Å². The van der Waals surface area contributed by atoms with Gasteiger partial charge in [0, 0.05) is 5.56 Å². The van der Waals surface area contributed by atoms with Crippen LogP contribution in [-0.2, 0) is 11.0 Å². The first-order valence-electron chi connectivity index (χ1n) is 7.23. The topological polar surface area (TPSA) is 52.9 Å². The second-order valence-electron chi connectivity index (χ2n) is 5.46. The first-order valence-corrected chi connectivity index (χ1v) is 7.23. The number of nitriles is 1. The van der Waals surface area contributed by atoms with Crippen molar-refractivity contribution in [2.75, 3.05) is 6.54 Å². The van der Waals surface area contributed by atoms with E-state index in [0.717, 1.165) is 25.0 Å². The van der Waals surface area contributed by atoms with Gasteiger partial charge in [-0.1, -0.05) is 30.7 Å². The summed E-state index contributed by atoms with van der Waals surface area (Å²) in [6, 6.07) is 6.77. The maximum atomic E-state index is 12.6. The van der Waals surface area contributed by atoms with Crippen LogP contribution in [0, 0.1) is 28.6 Å². The van der Waals surface area contributed by atoms with Crippen molar-refractivity contribution < 1.29 is 18.0 Å². The summed E-state index contributed by atoms with van der Waals surface area (Å²) in [6.07, 6.45) is -1.64. The first kappa shape index (κ1) is 16.9. The lowest BCUT2D eigenvalue weighted by atomic mass is 9.87. The average Bonchev–Trinajstić information content (AvgIpc) is 3.01. The zero-order valence-electron chi connectivity index (χ0n) is 12.3. The zero-order valence-corrected chi connectivity index (χ0v) is 12.3. The van der Waals surface area contributed by atoms with Crippen molar-refractivity contribution in [2.24, 2.45) is 5.41 Å². The summed E-state index contributed by atoms with van der Waals surface area (Å²) in [7, 11) is 0. The molecule has 23 heavy (non-hydrogen) atoms. The molecular weight excluding hydrogens is 305 g/mol. The summed E-state index contributed by atoms with van der Waals surface area (Å²) in [5.41, 5.74) is -1.51. The summed E-state index contributed by atoms with van der Waals surface area (Å²) in [6.45, 7) is -0.00148. The Morgan fingerprint density at radius 3 is 2.61 bits per heavy atom. The van der Waals surface area contributed by atoms with Crippen molar-refractivity contribution >= 4 is 5.91 Å². The third kappa shape index (κ3) is 4.04. The van der Waals surface area contributed by atoms with E-state index in [2.05, 4.69) is 23.2 Å². The van der Waals surface area contributed by atoms with Crippen molar-refractivity contribution in [1.82, 2.24) is 5.32 Å². The maximum Gasteiger partial charge on any atom is 0.416 e. The highest BCUT2D eigenvalue weighted by Gasteiger charge is 2.41. The lowest BCUT2D eigenvalue weighted by Gasteiger charge is -2.17. The predicted octanol–water partition coefficient (Wildman–Crippen LogP) is 3.26. The molecule has 0 heterocycles. The van der Waals surface area contributed by atoms with Gasteiger partial charge < -0.3 is 5.32 Å². The number of nitrogens with one attached hydrogen (secondary N) is 1. The number of carbonyl (C=O) groups is 1. The Hall–Kier alpha value is -2.47. The fraction of sp³-hybridized carbons (Fsp3) is 0.412. The van der Waals surface area contributed by atoms with E-state index in [4.69, 9.17) is 0 Å². The lowest BCUT2D eigenvalue weighted by Crippen LogP contribution is -2.38. The third-order valence-corrected chi connectivity index (χ3v) is 3.87. The van der Waals surface area contributed by atoms with Crippen LogP contribution in [0.1, 0.15) is 36.8 Å². The lowest BCUT2D eigenvalue weighted by molar-refractivity contribution is -0.137. The van der Waals surface area contributed by atoms with Crippen molar-refractivity contribution in [1.29, 1.82) is 5.26 Å². The number of alkyl halides is 3. The molecule has 0 aliphatic heterocycles. The molecule has 0 unspecified atom stereocenters. The molecule has 1 saturated carbocycles. The molecule has 3 nitrogen and oxygen atoms in total. The van der Waals surface area contributed by atoms with E-state index in [1.807, 2.05) is 0 Å². The summed E-state index contributed by atoms with van der Waals surface area (Å²) >= 11 is 0. The van der Waals surface area contributed by atoms with Crippen LogP contribution in [0.5, 0.6) is 0 Å². The Labute approximate surface area is 132 Å². The van der Waals surface area contributed by atoms with Gasteiger partial charge in [0.05, 0.1) is 18.2 Å². The van der Waals surface area contributed by atoms with Crippen LogP contribution in [-0.4, -0.2) is 12.5 Å². The SMILES string of the molecule is N#CC1(C(=O)NCC#Cc2cccc(C(F)(F)F)c2)CCCC1. The van der Waals surface area contributed by atoms with Crippen molar-refractivity contribution in [2.45, 2.75) is 31.9 Å². The number of hydrogen-bond acceptors (Lipinski definition) is 2. The number of rotatable bonds is 2. The number of halogens is 3. The number of amides is 1. The highest BCUT2D eigenvalue weighted by atomic mass is 19.4. The van der Waals surface area contributed by atoms with Crippen molar-refractivity contribution in [3.8, 4) is 17.9 Å². The van der Waals surface area contributed by atoms with Gasteiger partial charge in [-0.15, -0.1) is 0 Å². The number of benzene rings is 1. The van der Waals surface area contributed by atoms with E-state index in [9.17, 15) is 23.2 Å². The quantitative estimate of drug-likeness (QED) is 0.851. The first-order chi connectivity index (χ1) is 10.9. The third-order valence-electron chi connectivity index (χ3n) is 3.87. The molecule has 0 atom stereocenters. The molecule has 0 radical (unpaired) electrons. The summed E-state index contributed by atoms with van der Waals surface area (Å²) < 4.78 is 37.7. The fourth-order valence-corrected chi connectivity index (χ4v) is 2.58. The minimum atomic E-state index is -4.41. The Morgan fingerprint density at radius 2 is 2.00 bits per heavy atom. The number of carbonyl (C=O) groups excluding carboxylic acids is 1. The molecule has 1 aromatic rings. The van der Waals surface area contributed by atoms with Crippen LogP contribution >= 0.6 is 0 Å². The monoisotopic (exact) mass is 320 g/mol. The molecule has 1 N–H and O–H groups in total. The van der Waals surface area contributed by atoms with Crippen LogP contribution in [0.25, 0.3) is 0 Å². The van der Waals surface area contributed by atoms with E-state index in [-0.39, 0.29) is 18.0 Å². The second kappa shape index (κ2) is 6.75. The van der Waals surface area contributed by atoms with Crippen LogP contribution in [0.4, 0.5) is 13.2 Å². The zero-order chi connectivity index (χ0) is 16.9. The van der Waals surface area contributed by atoms with Gasteiger partial charge >= 0.3 is 6.18 Å². The Kier molecular flexibility index (Phi) is 4.95. The minimum Gasteiger partial charge on any atom is -0.344 e. The van der Waals surface area contributed by atoms with E-state index in [1.165, 1.54) is 12.1 Å². The fourth-order valence-electron chi connectivity index (χ4n) is 2.58. The van der Waals surface area contributed by atoms with Crippen LogP contribution in [0.15, 0.2) is 24.3 Å². The van der Waals surface area contributed by atoms with Gasteiger partial charge in [-0.2, -0.15) is 18.4 Å². The molecule has 1 fully saturated rings. The molecular formula is C17H15F3N2O. The predicted molar refractivity (Wildman–Crippen MR) is 77.8 cm³/mol. The van der Waals surface area contributed by atoms with Crippen LogP contribution in [0.2, 0.25) is 0 Å². The smallest absolute Gasteiger partial charge is 0.344 e. The van der Waals surface area contributed by atoms with E-state index >= 15 is 0 Å². The highest BCUT2D eigenvalue weighted by molar-refractivity contribution is 5.85. The van der Waals surface area contributed by atoms with Gasteiger partial charge in [-0.05, 0) is 31.0 Å². The van der Waals surface area contributed by atoms with Crippen molar-refractivity contribution in [3.05, 3.63) is 35.4 Å². The average molecular weight is 320 g/mol. The van der Waals surface area contributed by atoms with Gasteiger partial charge in [-0.3, -0.25) is 4.79 Å². The van der Waals surface area contributed by atoms with E-state index in [1.54, 1.807) is 0 Å². The summed E-state index contributed by atoms with van der Waals surface area (Å²) in [5.74, 6) is 4.85. The van der Waals surface area contributed by atoms with Gasteiger partial charge in [-0.25, -0.2) is 0 Å². The largest absolute Gasteiger partial charge is 0.416 e. The van der Waals surface area contributed by atoms with E-state index < -0.39 is 17.2 Å².